The Balaban J connectivity index is 2.59. The van der Waals surface area contributed by atoms with E-state index in [0.29, 0.717) is 30.2 Å². The molecule has 19 heavy (non-hydrogen) atoms. The molecule has 0 radical (unpaired) electrons. The molecular weight excluding hydrogens is 267 g/mol. The van der Waals surface area contributed by atoms with E-state index >= 15 is 0 Å². The summed E-state index contributed by atoms with van der Waals surface area (Å²) in [6, 6.07) is 4.36. The maximum absolute atomic E-state index is 13.2. The number of ether oxygens (including phenoxy) is 2. The first-order valence-electron chi connectivity index (χ1n) is 6.24. The lowest BCUT2D eigenvalue weighted by Crippen LogP contribution is -2.01. The summed E-state index contributed by atoms with van der Waals surface area (Å²) >= 11 is 5.55. The van der Waals surface area contributed by atoms with Crippen molar-refractivity contribution in [2.45, 2.75) is 19.3 Å². The van der Waals surface area contributed by atoms with Gasteiger partial charge in [0.25, 0.3) is 0 Å². The monoisotopic (exact) mass is 284 g/mol. The number of benzene rings is 1. The van der Waals surface area contributed by atoms with Crippen LogP contribution >= 0.6 is 11.6 Å². The zero-order valence-corrected chi connectivity index (χ0v) is 11.8. The molecule has 0 aliphatic carbocycles. The molecule has 0 fully saturated rings. The van der Waals surface area contributed by atoms with Crippen LogP contribution in [0.2, 0.25) is 0 Å². The van der Waals surface area contributed by atoms with Crippen LogP contribution < -0.4 is 4.74 Å². The fourth-order valence-corrected chi connectivity index (χ4v) is 1.56. The molecule has 1 aromatic rings. The topological polar surface area (TPSA) is 18.5 Å². The molecule has 0 spiro atoms. The highest BCUT2D eigenvalue weighted by Crippen LogP contribution is 2.19. The molecule has 1 aromatic carbocycles. The molecule has 0 unspecified atom stereocenters. The van der Waals surface area contributed by atoms with E-state index in [1.807, 2.05) is 0 Å². The number of hydrogen-bond acceptors (Lipinski definition) is 2. The van der Waals surface area contributed by atoms with Crippen molar-refractivity contribution in [2.24, 2.45) is 0 Å². The summed E-state index contributed by atoms with van der Waals surface area (Å²) in [6.45, 7) is 1.29. The van der Waals surface area contributed by atoms with Crippen LogP contribution in [0.3, 0.4) is 0 Å². The van der Waals surface area contributed by atoms with Gasteiger partial charge in [-0.2, -0.15) is 0 Å². The molecule has 0 saturated carbocycles. The summed E-state index contributed by atoms with van der Waals surface area (Å²) in [5, 5.41) is 0. The van der Waals surface area contributed by atoms with E-state index in [1.165, 1.54) is 12.1 Å². The standard InChI is InChI=1S/C15H18ClFO2/c1-18-10-4-5-11-19-15-8-7-14(17)12-13(15)6-2-3-9-16/h7-8,12H,3-5,9-11H2,1H3. The van der Waals surface area contributed by atoms with Gasteiger partial charge in [0, 0.05) is 26.0 Å². The number of hydrogen-bond donors (Lipinski definition) is 0. The van der Waals surface area contributed by atoms with E-state index in [1.54, 1.807) is 13.2 Å². The number of alkyl halides is 1. The highest BCUT2D eigenvalue weighted by molar-refractivity contribution is 6.18. The molecule has 0 saturated heterocycles. The zero-order chi connectivity index (χ0) is 13.9. The Bertz CT molecular complexity index is 438. The molecule has 104 valence electrons. The quantitative estimate of drug-likeness (QED) is 0.433. The largest absolute Gasteiger partial charge is 0.492 e. The normalized spacial score (nSPS) is 9.84. The van der Waals surface area contributed by atoms with Crippen LogP contribution in [-0.4, -0.2) is 26.2 Å². The maximum Gasteiger partial charge on any atom is 0.135 e. The lowest BCUT2D eigenvalue weighted by molar-refractivity contribution is 0.184. The molecule has 0 bridgehead atoms. The zero-order valence-electron chi connectivity index (χ0n) is 11.0. The van der Waals surface area contributed by atoms with Crippen LogP contribution in [0, 0.1) is 17.7 Å². The highest BCUT2D eigenvalue weighted by atomic mass is 35.5. The van der Waals surface area contributed by atoms with Crippen LogP contribution in [0.1, 0.15) is 24.8 Å². The first-order chi connectivity index (χ1) is 9.27. The van der Waals surface area contributed by atoms with E-state index < -0.39 is 0 Å². The van der Waals surface area contributed by atoms with Gasteiger partial charge in [0.15, 0.2) is 0 Å². The van der Waals surface area contributed by atoms with E-state index in [0.717, 1.165) is 19.4 Å². The van der Waals surface area contributed by atoms with E-state index in [-0.39, 0.29) is 5.82 Å². The summed E-state index contributed by atoms with van der Waals surface area (Å²) < 4.78 is 23.7. The molecule has 0 atom stereocenters. The van der Waals surface area contributed by atoms with Crippen molar-refractivity contribution in [3.63, 3.8) is 0 Å². The van der Waals surface area contributed by atoms with Crippen molar-refractivity contribution in [1.29, 1.82) is 0 Å². The molecular formula is C15H18ClFO2. The number of halogens is 2. The average Bonchev–Trinajstić information content (AvgIpc) is 2.41. The van der Waals surface area contributed by atoms with Crippen molar-refractivity contribution in [3.05, 3.63) is 29.6 Å². The maximum atomic E-state index is 13.2. The van der Waals surface area contributed by atoms with Gasteiger partial charge in [-0.05, 0) is 31.0 Å². The Morgan fingerprint density at radius 3 is 2.79 bits per heavy atom. The van der Waals surface area contributed by atoms with Crippen LogP contribution in [0.15, 0.2) is 18.2 Å². The lowest BCUT2D eigenvalue weighted by atomic mass is 10.2. The van der Waals surface area contributed by atoms with Gasteiger partial charge < -0.3 is 9.47 Å². The van der Waals surface area contributed by atoms with Crippen LogP contribution in [-0.2, 0) is 4.74 Å². The molecule has 0 aliphatic rings. The van der Waals surface area contributed by atoms with Crippen LogP contribution in [0.5, 0.6) is 5.75 Å². The molecule has 0 aromatic heterocycles. The van der Waals surface area contributed by atoms with Crippen molar-refractivity contribution in [3.8, 4) is 17.6 Å². The minimum atomic E-state index is -0.318. The summed E-state index contributed by atoms with van der Waals surface area (Å²) in [6.07, 6.45) is 2.40. The Labute approximate surface area is 118 Å². The van der Waals surface area contributed by atoms with Gasteiger partial charge >= 0.3 is 0 Å². The van der Waals surface area contributed by atoms with Gasteiger partial charge in [-0.15, -0.1) is 11.6 Å². The highest BCUT2D eigenvalue weighted by Gasteiger charge is 2.03. The Morgan fingerprint density at radius 1 is 1.26 bits per heavy atom. The third kappa shape index (κ3) is 6.47. The van der Waals surface area contributed by atoms with Gasteiger partial charge in [-0.3, -0.25) is 0 Å². The van der Waals surface area contributed by atoms with Crippen LogP contribution in [0.4, 0.5) is 4.39 Å². The predicted molar refractivity (Wildman–Crippen MR) is 75.2 cm³/mol. The number of methoxy groups -OCH3 is 1. The number of unbranched alkanes of at least 4 members (excludes halogenated alkanes) is 1. The lowest BCUT2D eigenvalue weighted by Gasteiger charge is -2.08. The van der Waals surface area contributed by atoms with Crippen molar-refractivity contribution in [1.82, 2.24) is 0 Å². The van der Waals surface area contributed by atoms with Crippen molar-refractivity contribution in [2.75, 3.05) is 26.2 Å². The van der Waals surface area contributed by atoms with Gasteiger partial charge in [0.05, 0.1) is 12.2 Å². The van der Waals surface area contributed by atoms with Gasteiger partial charge in [0.1, 0.15) is 11.6 Å². The van der Waals surface area contributed by atoms with Crippen molar-refractivity contribution >= 4 is 11.6 Å². The molecule has 2 nitrogen and oxygen atoms in total. The van der Waals surface area contributed by atoms with Gasteiger partial charge in [-0.25, -0.2) is 4.39 Å². The average molecular weight is 285 g/mol. The fraction of sp³-hybridized carbons (Fsp3) is 0.467. The Morgan fingerprint density at radius 2 is 2.05 bits per heavy atom. The second kappa shape index (κ2) is 9.66. The fourth-order valence-electron chi connectivity index (χ4n) is 1.46. The smallest absolute Gasteiger partial charge is 0.135 e. The Kier molecular flexibility index (Phi) is 8.04. The molecule has 0 heterocycles. The third-order valence-corrected chi connectivity index (χ3v) is 2.57. The van der Waals surface area contributed by atoms with Crippen molar-refractivity contribution < 1.29 is 13.9 Å². The minimum Gasteiger partial charge on any atom is -0.492 e. The molecule has 0 N–H and O–H groups in total. The second-order valence-corrected chi connectivity index (χ2v) is 4.31. The van der Waals surface area contributed by atoms with Gasteiger partial charge in [0.2, 0.25) is 0 Å². The second-order valence-electron chi connectivity index (χ2n) is 3.93. The Hall–Kier alpha value is -1.24. The third-order valence-electron chi connectivity index (χ3n) is 2.38. The first kappa shape index (κ1) is 15.8. The number of rotatable bonds is 7. The van der Waals surface area contributed by atoms with Crippen LogP contribution in [0.25, 0.3) is 0 Å². The minimum absolute atomic E-state index is 0.318. The molecule has 1 rings (SSSR count). The van der Waals surface area contributed by atoms with E-state index in [4.69, 9.17) is 21.1 Å². The molecule has 0 amide bonds. The van der Waals surface area contributed by atoms with Gasteiger partial charge in [-0.1, -0.05) is 11.8 Å². The molecule has 4 heteroatoms. The van der Waals surface area contributed by atoms with E-state index in [9.17, 15) is 4.39 Å². The summed E-state index contributed by atoms with van der Waals surface area (Å²) in [5.74, 6) is 6.53. The summed E-state index contributed by atoms with van der Waals surface area (Å²) in [4.78, 5) is 0. The summed E-state index contributed by atoms with van der Waals surface area (Å²) in [5.41, 5.74) is 0.567. The predicted octanol–water partition coefficient (Wildman–Crippen LogP) is 3.61. The van der Waals surface area contributed by atoms with E-state index in [2.05, 4.69) is 11.8 Å². The summed E-state index contributed by atoms with van der Waals surface area (Å²) in [7, 11) is 1.67. The SMILES string of the molecule is COCCCCOc1ccc(F)cc1C#CCCCl. The molecule has 0 aliphatic heterocycles. The first-order valence-corrected chi connectivity index (χ1v) is 6.77.